The van der Waals surface area contributed by atoms with Crippen LogP contribution >= 0.6 is 11.3 Å². The van der Waals surface area contributed by atoms with E-state index in [9.17, 15) is 9.59 Å². The Labute approximate surface area is 254 Å². The van der Waals surface area contributed by atoms with Crippen LogP contribution in [0.3, 0.4) is 0 Å². The second-order valence-electron chi connectivity index (χ2n) is 10.7. The van der Waals surface area contributed by atoms with Gasteiger partial charge in [0.25, 0.3) is 11.5 Å². The number of benzene rings is 3. The number of ether oxygens (including phenoxy) is 2. The van der Waals surface area contributed by atoms with Crippen molar-refractivity contribution in [2.75, 3.05) is 37.5 Å². The van der Waals surface area contributed by atoms with Crippen molar-refractivity contribution in [1.82, 2.24) is 4.57 Å². The monoisotopic (exact) mass is 594 g/mol. The molecule has 2 aliphatic rings. The maximum atomic E-state index is 14.2. The van der Waals surface area contributed by atoms with Crippen molar-refractivity contribution in [2.24, 2.45) is 4.99 Å². The molecule has 4 aromatic rings. The van der Waals surface area contributed by atoms with Crippen molar-refractivity contribution >= 4 is 34.7 Å². The van der Waals surface area contributed by atoms with Crippen LogP contribution in [0, 0.1) is 6.92 Å². The minimum absolute atomic E-state index is 0.216. The second-order valence-corrected chi connectivity index (χ2v) is 11.8. The van der Waals surface area contributed by atoms with Crippen LogP contribution in [-0.4, -0.2) is 37.8 Å². The summed E-state index contributed by atoms with van der Waals surface area (Å²) in [5, 5.41) is 2.99. The maximum absolute atomic E-state index is 14.2. The number of amides is 1. The first kappa shape index (κ1) is 28.5. The number of fused-ring (bicyclic) bond motifs is 1. The fourth-order valence-electron chi connectivity index (χ4n) is 5.81. The van der Waals surface area contributed by atoms with Crippen LogP contribution in [0.4, 0.5) is 11.4 Å². The number of hydrogen-bond donors (Lipinski definition) is 1. The first-order valence-electron chi connectivity index (χ1n) is 14.3. The molecular formula is C34H34N4O4S. The summed E-state index contributed by atoms with van der Waals surface area (Å²) >= 11 is 1.32. The zero-order valence-corrected chi connectivity index (χ0v) is 25.5. The minimum Gasteiger partial charge on any atom is -0.497 e. The van der Waals surface area contributed by atoms with E-state index < -0.39 is 6.04 Å². The van der Waals surface area contributed by atoms with Gasteiger partial charge >= 0.3 is 0 Å². The van der Waals surface area contributed by atoms with Crippen molar-refractivity contribution in [3.8, 4) is 11.5 Å². The lowest BCUT2D eigenvalue weighted by Crippen LogP contribution is -2.40. The second kappa shape index (κ2) is 11.9. The first-order valence-corrected chi connectivity index (χ1v) is 15.2. The minimum atomic E-state index is -0.762. The number of hydrogen-bond acceptors (Lipinski definition) is 7. The summed E-state index contributed by atoms with van der Waals surface area (Å²) in [7, 11) is 3.15. The average molecular weight is 595 g/mol. The van der Waals surface area contributed by atoms with Gasteiger partial charge in [0, 0.05) is 36.1 Å². The zero-order valence-electron chi connectivity index (χ0n) is 24.7. The molecular weight excluding hydrogens is 560 g/mol. The van der Waals surface area contributed by atoms with Crippen LogP contribution in [0.1, 0.15) is 42.5 Å². The Morgan fingerprint density at radius 1 is 1.00 bits per heavy atom. The standard InChI is InChI=1S/C34H34N4O4S/c1-21-18-25(37-16-8-9-17-37)13-12-23(21)19-29-33(40)38-31(27-15-14-26(41-3)20-28(27)42-4)30(22(2)35-34(38)43-29)32(39)36-24-10-6-5-7-11-24/h5-7,10-15,18-20,31H,8-9,16-17H2,1-4H3,(H,36,39)/b29-19+/t31-/m1/s1. The highest BCUT2D eigenvalue weighted by atomic mass is 32.1. The van der Waals surface area contributed by atoms with Crippen LogP contribution in [0.15, 0.2) is 87.8 Å². The lowest BCUT2D eigenvalue weighted by atomic mass is 9.94. The van der Waals surface area contributed by atoms with Crippen LogP contribution in [0.25, 0.3) is 6.08 Å². The number of para-hydroxylation sites is 1. The first-order chi connectivity index (χ1) is 20.9. The molecule has 0 radical (unpaired) electrons. The third-order valence-corrected chi connectivity index (χ3v) is 9.03. The summed E-state index contributed by atoms with van der Waals surface area (Å²) in [6.45, 7) is 6.03. The Balaban J connectivity index is 1.49. The highest BCUT2D eigenvalue weighted by molar-refractivity contribution is 7.07. The highest BCUT2D eigenvalue weighted by Crippen LogP contribution is 2.37. The van der Waals surface area contributed by atoms with Gasteiger partial charge in [0.2, 0.25) is 0 Å². The van der Waals surface area contributed by atoms with Crippen LogP contribution in [0.2, 0.25) is 0 Å². The van der Waals surface area contributed by atoms with E-state index >= 15 is 0 Å². The normalized spacial score (nSPS) is 16.6. The molecule has 0 saturated carbocycles. The van der Waals surface area contributed by atoms with Gasteiger partial charge < -0.3 is 19.7 Å². The summed E-state index contributed by atoms with van der Waals surface area (Å²) in [5.74, 6) is 0.779. The summed E-state index contributed by atoms with van der Waals surface area (Å²) in [6, 6.07) is 20.3. The van der Waals surface area contributed by atoms with Crippen molar-refractivity contribution in [3.05, 3.63) is 114 Å². The van der Waals surface area contributed by atoms with Crippen molar-refractivity contribution in [1.29, 1.82) is 0 Å². The lowest BCUT2D eigenvalue weighted by Gasteiger charge is -2.26. The number of anilines is 2. The molecule has 6 rings (SSSR count). The molecule has 2 aliphatic heterocycles. The highest BCUT2D eigenvalue weighted by Gasteiger charge is 2.34. The summed E-state index contributed by atoms with van der Waals surface area (Å²) < 4.78 is 13.3. The smallest absolute Gasteiger partial charge is 0.271 e. The Bertz CT molecular complexity index is 1900. The predicted octanol–water partition coefficient (Wildman–Crippen LogP) is 4.80. The summed E-state index contributed by atoms with van der Waals surface area (Å²) in [5.41, 5.74) is 5.30. The molecule has 0 bridgehead atoms. The fraction of sp³-hybridized carbons (Fsp3) is 0.265. The number of thiazole rings is 1. The summed E-state index contributed by atoms with van der Waals surface area (Å²) in [4.78, 5) is 35.8. The molecule has 1 aromatic heterocycles. The average Bonchev–Trinajstić information content (AvgIpc) is 3.66. The molecule has 1 N–H and O–H groups in total. The van der Waals surface area contributed by atoms with Gasteiger partial charge in [0.05, 0.1) is 30.0 Å². The zero-order chi connectivity index (χ0) is 30.1. The van der Waals surface area contributed by atoms with E-state index in [1.165, 1.54) is 29.9 Å². The third kappa shape index (κ3) is 5.48. The number of aryl methyl sites for hydroxylation is 1. The molecule has 9 heteroatoms. The Morgan fingerprint density at radius 2 is 1.77 bits per heavy atom. The molecule has 3 aromatic carbocycles. The molecule has 0 spiro atoms. The van der Waals surface area contributed by atoms with E-state index in [0.717, 1.165) is 24.2 Å². The number of nitrogens with one attached hydrogen (secondary N) is 1. The van der Waals surface area contributed by atoms with E-state index in [4.69, 9.17) is 14.5 Å². The summed E-state index contributed by atoms with van der Waals surface area (Å²) in [6.07, 6.45) is 4.36. The number of rotatable bonds is 7. The van der Waals surface area contributed by atoms with Gasteiger partial charge in [-0.3, -0.25) is 14.2 Å². The van der Waals surface area contributed by atoms with Crippen LogP contribution < -0.4 is 34.6 Å². The number of nitrogens with zero attached hydrogens (tertiary/aromatic N) is 3. The van der Waals surface area contributed by atoms with Gasteiger partial charge in [-0.2, -0.15) is 0 Å². The molecule has 0 unspecified atom stereocenters. The van der Waals surface area contributed by atoms with Gasteiger partial charge in [-0.25, -0.2) is 4.99 Å². The largest absolute Gasteiger partial charge is 0.497 e. The Hall–Kier alpha value is -4.63. The van der Waals surface area contributed by atoms with Gasteiger partial charge in [-0.05, 0) is 80.3 Å². The van der Waals surface area contributed by atoms with Gasteiger partial charge in [0.15, 0.2) is 4.80 Å². The Morgan fingerprint density at radius 3 is 2.47 bits per heavy atom. The number of allylic oxidation sites excluding steroid dienone is 1. The molecule has 0 aliphatic carbocycles. The molecule has 8 nitrogen and oxygen atoms in total. The van der Waals surface area contributed by atoms with Crippen LogP contribution in [-0.2, 0) is 4.79 Å². The predicted molar refractivity (Wildman–Crippen MR) is 171 cm³/mol. The number of aromatic nitrogens is 1. The molecule has 3 heterocycles. The quantitative estimate of drug-likeness (QED) is 0.332. The maximum Gasteiger partial charge on any atom is 0.271 e. The molecule has 43 heavy (non-hydrogen) atoms. The Kier molecular flexibility index (Phi) is 7.90. The van der Waals surface area contributed by atoms with E-state index in [-0.39, 0.29) is 11.5 Å². The van der Waals surface area contributed by atoms with E-state index in [1.807, 2.05) is 42.5 Å². The van der Waals surface area contributed by atoms with Gasteiger partial charge in [-0.15, -0.1) is 0 Å². The number of carbonyl (C=O) groups excluding carboxylic acids is 1. The van der Waals surface area contributed by atoms with E-state index in [1.54, 1.807) is 37.8 Å². The number of carbonyl (C=O) groups is 1. The van der Waals surface area contributed by atoms with Gasteiger partial charge in [0.1, 0.15) is 17.5 Å². The fourth-order valence-corrected chi connectivity index (χ4v) is 6.84. The number of methoxy groups -OCH3 is 2. The molecule has 1 atom stereocenters. The lowest BCUT2D eigenvalue weighted by molar-refractivity contribution is -0.113. The van der Waals surface area contributed by atoms with Gasteiger partial charge in [-0.1, -0.05) is 35.6 Å². The molecule has 1 saturated heterocycles. The van der Waals surface area contributed by atoms with Crippen LogP contribution in [0.5, 0.6) is 11.5 Å². The van der Waals surface area contributed by atoms with Crippen molar-refractivity contribution < 1.29 is 14.3 Å². The SMILES string of the molecule is COc1ccc([C@@H]2C(C(=O)Nc3ccccc3)=C(C)N=c3s/c(=C/c4ccc(N5CCCC5)cc4C)c(=O)n32)c(OC)c1. The van der Waals surface area contributed by atoms with Crippen molar-refractivity contribution in [2.45, 2.75) is 32.7 Å². The third-order valence-electron chi connectivity index (χ3n) is 8.04. The topological polar surface area (TPSA) is 85.2 Å². The van der Waals surface area contributed by atoms with E-state index in [0.29, 0.717) is 43.4 Å². The molecule has 220 valence electrons. The molecule has 1 amide bonds. The van der Waals surface area contributed by atoms with Crippen molar-refractivity contribution in [3.63, 3.8) is 0 Å². The van der Waals surface area contributed by atoms with E-state index in [2.05, 4.69) is 35.3 Å². The molecule has 1 fully saturated rings.